The lowest BCUT2D eigenvalue weighted by atomic mass is 9.63. The predicted octanol–water partition coefficient (Wildman–Crippen LogP) is 3.60. The number of piperidine rings is 1. The van der Waals surface area contributed by atoms with Crippen LogP contribution in [0.2, 0.25) is 0 Å². The van der Waals surface area contributed by atoms with Gasteiger partial charge in [0.25, 0.3) is 5.91 Å². The fraction of sp³-hybridized carbons (Fsp3) is 0.650. The van der Waals surface area contributed by atoms with Gasteiger partial charge in [0, 0.05) is 24.7 Å². The molecule has 1 heterocycles. The van der Waals surface area contributed by atoms with Crippen LogP contribution in [0.1, 0.15) is 74.9 Å². The molecule has 23 heavy (non-hydrogen) atoms. The minimum absolute atomic E-state index is 0.144. The van der Waals surface area contributed by atoms with Gasteiger partial charge < -0.3 is 10.6 Å². The largest absolute Gasteiger partial charge is 0.339 e. The minimum Gasteiger partial charge on any atom is -0.339 e. The number of amides is 1. The zero-order valence-corrected chi connectivity index (χ0v) is 15.0. The summed E-state index contributed by atoms with van der Waals surface area (Å²) < 4.78 is 0. The Hall–Kier alpha value is -1.35. The van der Waals surface area contributed by atoms with Crippen molar-refractivity contribution in [1.29, 1.82) is 0 Å². The average Bonchev–Trinajstić information content (AvgIpc) is 2.52. The number of hydrogen-bond acceptors (Lipinski definition) is 2. The Balaban J connectivity index is 1.92. The smallest absolute Gasteiger partial charge is 0.253 e. The summed E-state index contributed by atoms with van der Waals surface area (Å²) in [4.78, 5) is 14.8. The lowest BCUT2D eigenvalue weighted by Crippen LogP contribution is -2.43. The lowest BCUT2D eigenvalue weighted by molar-refractivity contribution is 0.0714. The molecule has 2 N–H and O–H groups in total. The zero-order valence-electron chi connectivity index (χ0n) is 15.0. The van der Waals surface area contributed by atoms with E-state index < -0.39 is 0 Å². The van der Waals surface area contributed by atoms with Gasteiger partial charge in [0.15, 0.2) is 0 Å². The summed E-state index contributed by atoms with van der Waals surface area (Å²) in [5, 5.41) is 0. The SMILES string of the molecule is CC1(C)CCC(C)(C)c2cc(C(=O)N3CCC(N)CC3)ccc21. The molecule has 1 aromatic carbocycles. The maximum Gasteiger partial charge on any atom is 0.253 e. The molecule has 1 saturated heterocycles. The van der Waals surface area contributed by atoms with Crippen molar-refractivity contribution < 1.29 is 4.79 Å². The second-order valence-electron chi connectivity index (χ2n) is 8.66. The normalized spacial score (nSPS) is 23.4. The van der Waals surface area contributed by atoms with Crippen LogP contribution in [0, 0.1) is 0 Å². The van der Waals surface area contributed by atoms with Gasteiger partial charge in [-0.1, -0.05) is 33.8 Å². The highest BCUT2D eigenvalue weighted by atomic mass is 16.2. The van der Waals surface area contributed by atoms with Crippen molar-refractivity contribution in [3.05, 3.63) is 34.9 Å². The van der Waals surface area contributed by atoms with Crippen molar-refractivity contribution in [2.24, 2.45) is 5.73 Å². The van der Waals surface area contributed by atoms with E-state index in [1.54, 1.807) is 0 Å². The van der Waals surface area contributed by atoms with Gasteiger partial charge in [-0.25, -0.2) is 0 Å². The van der Waals surface area contributed by atoms with Gasteiger partial charge in [0.2, 0.25) is 0 Å². The van der Waals surface area contributed by atoms with Crippen LogP contribution in [0.15, 0.2) is 18.2 Å². The summed E-state index contributed by atoms with van der Waals surface area (Å²) in [6, 6.07) is 6.63. The highest BCUT2D eigenvalue weighted by molar-refractivity contribution is 5.94. The van der Waals surface area contributed by atoms with Crippen LogP contribution < -0.4 is 5.73 Å². The molecule has 0 saturated carbocycles. The van der Waals surface area contributed by atoms with E-state index in [9.17, 15) is 4.79 Å². The topological polar surface area (TPSA) is 46.3 Å². The predicted molar refractivity (Wildman–Crippen MR) is 94.8 cm³/mol. The lowest BCUT2D eigenvalue weighted by Gasteiger charge is -2.42. The second kappa shape index (κ2) is 5.62. The van der Waals surface area contributed by atoms with Crippen molar-refractivity contribution in [3.8, 4) is 0 Å². The summed E-state index contributed by atoms with van der Waals surface area (Å²) in [5.74, 6) is 0.166. The van der Waals surface area contributed by atoms with Crippen molar-refractivity contribution in [3.63, 3.8) is 0 Å². The first-order valence-corrected chi connectivity index (χ1v) is 8.91. The Morgan fingerprint density at radius 3 is 2.22 bits per heavy atom. The Morgan fingerprint density at radius 1 is 1.04 bits per heavy atom. The molecule has 3 heteroatoms. The molecule has 3 nitrogen and oxygen atoms in total. The summed E-state index contributed by atoms with van der Waals surface area (Å²) in [7, 11) is 0. The molecule has 0 spiro atoms. The van der Waals surface area contributed by atoms with Crippen LogP contribution in [0.3, 0.4) is 0 Å². The molecule has 0 atom stereocenters. The van der Waals surface area contributed by atoms with Gasteiger partial charge in [-0.15, -0.1) is 0 Å². The van der Waals surface area contributed by atoms with Crippen LogP contribution in [-0.4, -0.2) is 29.9 Å². The molecular weight excluding hydrogens is 284 g/mol. The molecule has 2 aliphatic rings. The molecule has 126 valence electrons. The van der Waals surface area contributed by atoms with Gasteiger partial charge in [0.05, 0.1) is 0 Å². The molecule has 1 aliphatic heterocycles. The summed E-state index contributed by atoms with van der Waals surface area (Å²) >= 11 is 0. The van der Waals surface area contributed by atoms with Crippen molar-refractivity contribution in [2.45, 2.75) is 70.3 Å². The third-order valence-electron chi connectivity index (χ3n) is 5.93. The third kappa shape index (κ3) is 3.03. The number of fused-ring (bicyclic) bond motifs is 1. The quantitative estimate of drug-likeness (QED) is 0.861. The molecule has 1 amide bonds. The van der Waals surface area contributed by atoms with E-state index >= 15 is 0 Å². The molecule has 0 aromatic heterocycles. The molecular formula is C20H30N2O. The van der Waals surface area contributed by atoms with Crippen molar-refractivity contribution in [1.82, 2.24) is 4.90 Å². The van der Waals surface area contributed by atoms with E-state index in [4.69, 9.17) is 5.73 Å². The van der Waals surface area contributed by atoms with E-state index in [0.29, 0.717) is 0 Å². The first-order valence-electron chi connectivity index (χ1n) is 8.91. The first kappa shape index (κ1) is 16.5. The maximum absolute atomic E-state index is 12.8. The summed E-state index contributed by atoms with van der Waals surface area (Å²) in [5.41, 5.74) is 9.90. The molecule has 1 fully saturated rings. The molecule has 1 aliphatic carbocycles. The van der Waals surface area contributed by atoms with Crippen LogP contribution in [0.4, 0.5) is 0 Å². The molecule has 3 rings (SSSR count). The van der Waals surface area contributed by atoms with E-state index in [2.05, 4.69) is 39.8 Å². The molecule has 1 aromatic rings. The Labute approximate surface area is 140 Å². The Bertz CT molecular complexity index is 610. The average molecular weight is 314 g/mol. The highest BCUT2D eigenvalue weighted by Gasteiger charge is 2.37. The van der Waals surface area contributed by atoms with Gasteiger partial charge in [-0.3, -0.25) is 4.79 Å². The minimum atomic E-state index is 0.144. The second-order valence-corrected chi connectivity index (χ2v) is 8.66. The van der Waals surface area contributed by atoms with E-state index in [1.807, 2.05) is 11.0 Å². The molecule has 0 unspecified atom stereocenters. The number of carbonyl (C=O) groups excluding carboxylic acids is 1. The van der Waals surface area contributed by atoms with Gasteiger partial charge in [-0.2, -0.15) is 0 Å². The fourth-order valence-corrected chi connectivity index (χ4v) is 4.01. The van der Waals surface area contributed by atoms with Crippen LogP contribution in [-0.2, 0) is 10.8 Å². The van der Waals surface area contributed by atoms with E-state index in [0.717, 1.165) is 31.5 Å². The van der Waals surface area contributed by atoms with Crippen LogP contribution >= 0.6 is 0 Å². The number of nitrogens with two attached hydrogens (primary N) is 1. The molecule has 0 bridgehead atoms. The highest BCUT2D eigenvalue weighted by Crippen LogP contribution is 2.45. The van der Waals surface area contributed by atoms with Crippen LogP contribution in [0.5, 0.6) is 0 Å². The number of benzene rings is 1. The number of rotatable bonds is 1. The first-order chi connectivity index (χ1) is 10.7. The fourth-order valence-electron chi connectivity index (χ4n) is 4.01. The number of nitrogens with zero attached hydrogens (tertiary/aromatic N) is 1. The van der Waals surface area contributed by atoms with Crippen molar-refractivity contribution >= 4 is 5.91 Å². The van der Waals surface area contributed by atoms with Crippen LogP contribution in [0.25, 0.3) is 0 Å². The molecule has 0 radical (unpaired) electrons. The van der Waals surface area contributed by atoms with Crippen molar-refractivity contribution in [2.75, 3.05) is 13.1 Å². The number of likely N-dealkylation sites (tertiary alicyclic amines) is 1. The summed E-state index contributed by atoms with van der Waals surface area (Å²) in [6.07, 6.45) is 4.19. The maximum atomic E-state index is 12.8. The van der Waals surface area contributed by atoms with Gasteiger partial charge >= 0.3 is 0 Å². The standard InChI is InChI=1S/C20H30N2O/c1-19(2)9-10-20(3,4)17-13-14(5-6-16(17)19)18(23)22-11-7-15(21)8-12-22/h5-6,13,15H,7-12,21H2,1-4H3. The number of carbonyl (C=O) groups is 1. The Kier molecular flexibility index (Phi) is 4.04. The monoisotopic (exact) mass is 314 g/mol. The zero-order chi connectivity index (χ0) is 16.8. The summed E-state index contributed by atoms with van der Waals surface area (Å²) in [6.45, 7) is 10.8. The van der Waals surface area contributed by atoms with E-state index in [1.165, 1.54) is 24.0 Å². The Morgan fingerprint density at radius 2 is 1.61 bits per heavy atom. The third-order valence-corrected chi connectivity index (χ3v) is 5.93. The van der Waals surface area contributed by atoms with Gasteiger partial charge in [-0.05, 0) is 59.8 Å². The number of hydrogen-bond donors (Lipinski definition) is 1. The van der Waals surface area contributed by atoms with Gasteiger partial charge in [0.1, 0.15) is 0 Å². The van der Waals surface area contributed by atoms with E-state index in [-0.39, 0.29) is 22.8 Å².